The van der Waals surface area contributed by atoms with Gasteiger partial charge in [-0.05, 0) is 31.1 Å². The Bertz CT molecular complexity index is 238. The summed E-state index contributed by atoms with van der Waals surface area (Å²) in [4.78, 5) is 13.7. The first-order chi connectivity index (χ1) is 7.41. The Morgan fingerprint density at radius 3 is 2.31 bits per heavy atom. The zero-order valence-electron chi connectivity index (χ0n) is 11.3. The Morgan fingerprint density at radius 2 is 1.94 bits per heavy atom. The van der Waals surface area contributed by atoms with E-state index in [-0.39, 0.29) is 11.9 Å². The normalized spacial score (nSPS) is 27.1. The summed E-state index contributed by atoms with van der Waals surface area (Å²) < 4.78 is 0. The number of rotatable bonds is 4. The quantitative estimate of drug-likeness (QED) is 0.794. The van der Waals surface area contributed by atoms with Gasteiger partial charge in [0.25, 0.3) is 0 Å². The molecule has 0 aromatic carbocycles. The molecule has 1 rings (SSSR count). The molecule has 94 valence electrons. The van der Waals surface area contributed by atoms with Crippen LogP contribution in [-0.2, 0) is 4.79 Å². The lowest BCUT2D eigenvalue weighted by Crippen LogP contribution is -2.50. The molecule has 3 nitrogen and oxygen atoms in total. The van der Waals surface area contributed by atoms with Crippen LogP contribution in [-0.4, -0.2) is 37.0 Å². The molecule has 0 radical (unpaired) electrons. The van der Waals surface area contributed by atoms with Gasteiger partial charge in [0, 0.05) is 20.1 Å². The van der Waals surface area contributed by atoms with Gasteiger partial charge in [-0.3, -0.25) is 4.79 Å². The maximum Gasteiger partial charge on any atom is 0.239 e. The van der Waals surface area contributed by atoms with Gasteiger partial charge in [-0.25, -0.2) is 0 Å². The van der Waals surface area contributed by atoms with E-state index >= 15 is 0 Å². The molecule has 0 aromatic heterocycles. The van der Waals surface area contributed by atoms with Crippen molar-refractivity contribution >= 4 is 5.91 Å². The number of hydrogen-bond donors (Lipinski definition) is 1. The number of likely N-dealkylation sites (N-methyl/N-ethyl adjacent to an activating group) is 1. The number of carbonyl (C=O) groups is 1. The van der Waals surface area contributed by atoms with Crippen LogP contribution in [0.2, 0.25) is 0 Å². The van der Waals surface area contributed by atoms with E-state index in [9.17, 15) is 4.79 Å². The van der Waals surface area contributed by atoms with Gasteiger partial charge < -0.3 is 10.2 Å². The topological polar surface area (TPSA) is 32.3 Å². The van der Waals surface area contributed by atoms with Crippen molar-refractivity contribution in [2.24, 2.45) is 11.8 Å². The van der Waals surface area contributed by atoms with E-state index in [2.05, 4.69) is 26.1 Å². The van der Waals surface area contributed by atoms with Gasteiger partial charge in [0.05, 0.1) is 6.04 Å². The molecule has 3 atom stereocenters. The summed E-state index contributed by atoms with van der Waals surface area (Å²) in [6, 6.07) is 0.511. The fraction of sp³-hybridized carbons (Fsp3) is 0.923. The molecule has 0 aromatic rings. The first-order valence-electron chi connectivity index (χ1n) is 6.39. The summed E-state index contributed by atoms with van der Waals surface area (Å²) in [5.74, 6) is 1.36. The van der Waals surface area contributed by atoms with Crippen LogP contribution in [0.1, 0.15) is 40.0 Å². The van der Waals surface area contributed by atoms with E-state index in [1.165, 1.54) is 19.3 Å². The predicted molar refractivity (Wildman–Crippen MR) is 67.3 cm³/mol. The molecule has 1 fully saturated rings. The molecule has 1 aliphatic rings. The van der Waals surface area contributed by atoms with Gasteiger partial charge in [0.1, 0.15) is 0 Å². The summed E-state index contributed by atoms with van der Waals surface area (Å²) >= 11 is 0. The van der Waals surface area contributed by atoms with Crippen molar-refractivity contribution in [1.29, 1.82) is 0 Å². The Morgan fingerprint density at radius 1 is 1.31 bits per heavy atom. The standard InChI is InChI=1S/C13H26N2O/c1-9(2)12(13(16)15(4)5)14-11-7-6-10(3)8-11/h9-12,14H,6-8H2,1-5H3. The molecule has 3 unspecified atom stereocenters. The van der Waals surface area contributed by atoms with Gasteiger partial charge in [-0.2, -0.15) is 0 Å². The third kappa shape index (κ3) is 3.48. The van der Waals surface area contributed by atoms with Crippen LogP contribution < -0.4 is 5.32 Å². The molecule has 0 bridgehead atoms. The molecule has 1 saturated carbocycles. The molecule has 1 aliphatic carbocycles. The van der Waals surface area contributed by atoms with E-state index in [4.69, 9.17) is 0 Å². The highest BCUT2D eigenvalue weighted by Gasteiger charge is 2.29. The van der Waals surface area contributed by atoms with Gasteiger partial charge in [0.2, 0.25) is 5.91 Å². The summed E-state index contributed by atoms with van der Waals surface area (Å²) in [6.07, 6.45) is 3.72. The Balaban J connectivity index is 2.55. The van der Waals surface area contributed by atoms with Gasteiger partial charge in [-0.1, -0.05) is 20.8 Å². The van der Waals surface area contributed by atoms with E-state index in [0.717, 1.165) is 5.92 Å². The minimum absolute atomic E-state index is 0.0229. The lowest BCUT2D eigenvalue weighted by atomic mass is 10.0. The molecule has 3 heteroatoms. The Hall–Kier alpha value is -0.570. The van der Waals surface area contributed by atoms with Crippen LogP contribution in [0, 0.1) is 11.8 Å². The molecule has 0 saturated heterocycles. The van der Waals surface area contributed by atoms with Crippen molar-refractivity contribution in [2.75, 3.05) is 14.1 Å². The smallest absolute Gasteiger partial charge is 0.239 e. The largest absolute Gasteiger partial charge is 0.347 e. The number of nitrogens with zero attached hydrogens (tertiary/aromatic N) is 1. The van der Waals surface area contributed by atoms with E-state index < -0.39 is 0 Å². The van der Waals surface area contributed by atoms with Crippen LogP contribution in [0.15, 0.2) is 0 Å². The summed E-state index contributed by atoms with van der Waals surface area (Å²) in [5.41, 5.74) is 0. The van der Waals surface area contributed by atoms with Crippen molar-refractivity contribution in [3.05, 3.63) is 0 Å². The predicted octanol–water partition coefficient (Wildman–Crippen LogP) is 1.88. The SMILES string of the molecule is CC1CCC(NC(C(=O)N(C)C)C(C)C)C1. The van der Waals surface area contributed by atoms with Crippen LogP contribution in [0.4, 0.5) is 0 Å². The highest BCUT2D eigenvalue weighted by molar-refractivity contribution is 5.81. The van der Waals surface area contributed by atoms with Crippen molar-refractivity contribution in [3.63, 3.8) is 0 Å². The number of hydrogen-bond acceptors (Lipinski definition) is 2. The molecule has 0 spiro atoms. The van der Waals surface area contributed by atoms with E-state index in [1.54, 1.807) is 4.90 Å². The molecule has 1 N–H and O–H groups in total. The zero-order chi connectivity index (χ0) is 12.3. The van der Waals surface area contributed by atoms with Crippen molar-refractivity contribution in [3.8, 4) is 0 Å². The minimum atomic E-state index is -0.0229. The second-order valence-electron chi connectivity index (χ2n) is 5.74. The molecule has 16 heavy (non-hydrogen) atoms. The first-order valence-corrected chi connectivity index (χ1v) is 6.39. The second kappa shape index (κ2) is 5.67. The fourth-order valence-corrected chi connectivity index (χ4v) is 2.44. The Kier molecular flexibility index (Phi) is 4.78. The zero-order valence-corrected chi connectivity index (χ0v) is 11.3. The molecule has 0 aliphatic heterocycles. The average Bonchev–Trinajstić information content (AvgIpc) is 2.59. The average molecular weight is 226 g/mol. The molecular formula is C13H26N2O. The molecular weight excluding hydrogens is 200 g/mol. The van der Waals surface area contributed by atoms with Crippen molar-refractivity contribution in [2.45, 2.75) is 52.1 Å². The maximum absolute atomic E-state index is 12.0. The summed E-state index contributed by atoms with van der Waals surface area (Å²) in [7, 11) is 3.66. The summed E-state index contributed by atoms with van der Waals surface area (Å²) in [6.45, 7) is 6.51. The summed E-state index contributed by atoms with van der Waals surface area (Å²) in [5, 5.41) is 3.54. The van der Waals surface area contributed by atoms with Crippen LogP contribution in [0.3, 0.4) is 0 Å². The first kappa shape index (κ1) is 13.5. The molecule has 1 amide bonds. The monoisotopic (exact) mass is 226 g/mol. The van der Waals surface area contributed by atoms with Gasteiger partial charge in [0.15, 0.2) is 0 Å². The van der Waals surface area contributed by atoms with Crippen LogP contribution >= 0.6 is 0 Å². The van der Waals surface area contributed by atoms with Crippen LogP contribution in [0.5, 0.6) is 0 Å². The lowest BCUT2D eigenvalue weighted by Gasteiger charge is -2.27. The van der Waals surface area contributed by atoms with Crippen molar-refractivity contribution < 1.29 is 4.79 Å². The van der Waals surface area contributed by atoms with E-state index in [0.29, 0.717) is 12.0 Å². The second-order valence-corrected chi connectivity index (χ2v) is 5.74. The molecule has 0 heterocycles. The van der Waals surface area contributed by atoms with Crippen LogP contribution in [0.25, 0.3) is 0 Å². The Labute approximate surface area is 99.6 Å². The van der Waals surface area contributed by atoms with Gasteiger partial charge in [-0.15, -0.1) is 0 Å². The maximum atomic E-state index is 12.0. The number of amides is 1. The third-order valence-corrected chi connectivity index (χ3v) is 3.48. The van der Waals surface area contributed by atoms with E-state index in [1.807, 2.05) is 14.1 Å². The number of nitrogens with one attached hydrogen (secondary N) is 1. The van der Waals surface area contributed by atoms with Crippen molar-refractivity contribution in [1.82, 2.24) is 10.2 Å². The number of carbonyl (C=O) groups excluding carboxylic acids is 1. The minimum Gasteiger partial charge on any atom is -0.347 e. The lowest BCUT2D eigenvalue weighted by molar-refractivity contribution is -0.132. The third-order valence-electron chi connectivity index (χ3n) is 3.48. The fourth-order valence-electron chi connectivity index (χ4n) is 2.44. The highest BCUT2D eigenvalue weighted by Crippen LogP contribution is 2.25. The van der Waals surface area contributed by atoms with Gasteiger partial charge >= 0.3 is 0 Å². The highest BCUT2D eigenvalue weighted by atomic mass is 16.2.